The number of pyridine rings is 2. The fourth-order valence-corrected chi connectivity index (χ4v) is 3.85. The predicted octanol–water partition coefficient (Wildman–Crippen LogP) is 4.39. The Hall–Kier alpha value is -1.06. The molecule has 1 aromatic carbocycles. The van der Waals surface area contributed by atoms with Crippen molar-refractivity contribution in [2.75, 3.05) is 0 Å². The summed E-state index contributed by atoms with van der Waals surface area (Å²) in [6.45, 7) is 0. The third kappa shape index (κ3) is 7.72. The van der Waals surface area contributed by atoms with Crippen LogP contribution in [0.2, 0.25) is 0 Å². The molecule has 0 spiro atoms. The van der Waals surface area contributed by atoms with Crippen LogP contribution in [-0.2, 0) is 11.4 Å². The maximum atomic E-state index is 11.9. The minimum absolute atomic E-state index is 0. The van der Waals surface area contributed by atoms with Gasteiger partial charge in [0.25, 0.3) is 0 Å². The molecule has 4 aromatic rings. The van der Waals surface area contributed by atoms with E-state index in [1.807, 2.05) is 6.07 Å². The Morgan fingerprint density at radius 2 is 1.73 bits per heavy atom. The number of aliphatic hydroxyl groups is 2. The molecule has 1 radical (unpaired) electrons. The molecule has 0 saturated carbocycles. The van der Waals surface area contributed by atoms with Gasteiger partial charge in [0.15, 0.2) is 11.9 Å². The van der Waals surface area contributed by atoms with Crippen LogP contribution in [0.5, 0.6) is 5.75 Å². The second-order valence-corrected chi connectivity index (χ2v) is 8.05. The molecule has 3 N–H and O–H groups in total. The minimum Gasteiger partial charge on any atom is -0.387 e. The molecule has 0 amide bonds. The van der Waals surface area contributed by atoms with Crippen molar-refractivity contribution in [1.82, 2.24) is 9.97 Å². The Morgan fingerprint density at radius 3 is 2.33 bits per heavy atom. The van der Waals surface area contributed by atoms with E-state index in [4.69, 9.17) is 13.8 Å². The molecular formula is C20H17EuF3N2O5S2. The number of fused-ring (bicyclic) bond motifs is 3. The van der Waals surface area contributed by atoms with Gasteiger partial charge in [-0.1, -0.05) is 12.1 Å². The van der Waals surface area contributed by atoms with E-state index in [1.54, 1.807) is 48.1 Å². The first-order chi connectivity index (χ1) is 15.2. The van der Waals surface area contributed by atoms with Crippen molar-refractivity contribution in [3.8, 4) is 5.75 Å². The van der Waals surface area contributed by atoms with Crippen LogP contribution >= 0.6 is 11.3 Å². The van der Waals surface area contributed by atoms with Crippen molar-refractivity contribution in [3.05, 3.63) is 65.1 Å². The predicted molar refractivity (Wildman–Crippen MR) is 114 cm³/mol. The first-order valence-corrected chi connectivity index (χ1v) is 11.0. The van der Waals surface area contributed by atoms with Gasteiger partial charge in [0.05, 0.1) is 11.6 Å². The molecule has 33 heavy (non-hydrogen) atoms. The number of nitrogens with zero attached hydrogens (tertiary/aromatic N) is 2. The number of aromatic nitrogens is 2. The Labute approximate surface area is 233 Å². The van der Waals surface area contributed by atoms with Crippen LogP contribution in [0.15, 0.2) is 60.2 Å². The van der Waals surface area contributed by atoms with E-state index in [0.29, 0.717) is 21.5 Å². The maximum absolute atomic E-state index is 11.9. The summed E-state index contributed by atoms with van der Waals surface area (Å²) < 4.78 is 60.2. The van der Waals surface area contributed by atoms with Gasteiger partial charge in [-0.15, -0.1) is 11.3 Å². The Kier molecular flexibility index (Phi) is 10.8. The third-order valence-electron chi connectivity index (χ3n) is 4.28. The van der Waals surface area contributed by atoms with Gasteiger partial charge in [-0.05, 0) is 35.7 Å². The molecule has 0 saturated heterocycles. The topological polar surface area (TPSA) is 113 Å². The largest absolute Gasteiger partial charge is 0.414 e. The third-order valence-corrected chi connectivity index (χ3v) is 5.58. The second kappa shape index (κ2) is 12.6. The molecule has 0 aliphatic rings. The van der Waals surface area contributed by atoms with Gasteiger partial charge >= 0.3 is 17.5 Å². The van der Waals surface area contributed by atoms with E-state index in [9.17, 15) is 22.5 Å². The zero-order chi connectivity index (χ0) is 23.3. The van der Waals surface area contributed by atoms with Crippen molar-refractivity contribution < 1.29 is 85.7 Å². The van der Waals surface area contributed by atoms with Crippen molar-refractivity contribution in [3.63, 3.8) is 0 Å². The number of benzene rings is 1. The van der Waals surface area contributed by atoms with Gasteiger partial charge in [-0.2, -0.15) is 17.4 Å². The summed E-state index contributed by atoms with van der Waals surface area (Å²) in [4.78, 5) is 8.95. The quantitative estimate of drug-likeness (QED) is 0.220. The van der Waals surface area contributed by atoms with Crippen molar-refractivity contribution in [2.24, 2.45) is 0 Å². The molecule has 177 valence electrons. The molecule has 4 rings (SSSR count). The van der Waals surface area contributed by atoms with Crippen molar-refractivity contribution in [2.45, 2.75) is 24.8 Å². The maximum Gasteiger partial charge on any atom is 0.414 e. The fraction of sp³-hybridized carbons (Fsp3) is 0.200. The van der Waals surface area contributed by atoms with E-state index in [1.165, 1.54) is 6.07 Å². The number of halogens is 3. The average Bonchev–Trinajstić information content (AvgIpc) is 3.28. The zero-order valence-electron chi connectivity index (χ0n) is 16.5. The summed E-state index contributed by atoms with van der Waals surface area (Å²) in [5.41, 5.74) is 1.39. The molecule has 0 bridgehead atoms. The van der Waals surface area contributed by atoms with E-state index in [2.05, 4.69) is 9.97 Å². The van der Waals surface area contributed by atoms with Crippen LogP contribution in [0.25, 0.3) is 21.8 Å². The number of alkyl halides is 3. The fourth-order valence-electron chi connectivity index (χ4n) is 2.83. The van der Waals surface area contributed by atoms with Crippen LogP contribution in [0.1, 0.15) is 17.4 Å². The Morgan fingerprint density at radius 1 is 1.06 bits per heavy atom. The standard InChI is InChI=1S/C12H8N2O3S.C8H9F3O2S.Eu/c15-18(16)17-10-7-8-3-1-5-13-11(8)12-9(10)4-2-6-14-12;9-8(10,11)7(13)4-5(12)6-2-1-3-14-6;/h1-7H,(H,15,16);1-3,5,7,12-13H,4H2;. The number of rotatable bonds is 5. The summed E-state index contributed by atoms with van der Waals surface area (Å²) in [6, 6.07) is 12.0. The van der Waals surface area contributed by atoms with Gasteiger partial charge in [0, 0.05) is 83.8 Å². The molecule has 0 aliphatic carbocycles. The van der Waals surface area contributed by atoms with Crippen LogP contribution in [0.4, 0.5) is 13.2 Å². The van der Waals surface area contributed by atoms with Gasteiger partial charge in [-0.3, -0.25) is 14.5 Å². The van der Waals surface area contributed by atoms with E-state index < -0.39 is 36.2 Å². The van der Waals surface area contributed by atoms with E-state index in [-0.39, 0.29) is 49.4 Å². The SMILES string of the molecule is O=S(O)Oc1cc2cccnc2c2ncccc12.OC(CC(O)C(F)(F)F)c1cccs1.[Eu]. The monoisotopic (exact) mass is 639 g/mol. The molecule has 0 aliphatic heterocycles. The molecule has 3 unspecified atom stereocenters. The number of thiophene rings is 1. The van der Waals surface area contributed by atoms with Gasteiger partial charge in [0.2, 0.25) is 0 Å². The summed E-state index contributed by atoms with van der Waals surface area (Å²) in [5.74, 6) is 0.319. The van der Waals surface area contributed by atoms with Crippen molar-refractivity contribution in [1.29, 1.82) is 0 Å². The van der Waals surface area contributed by atoms with Gasteiger partial charge in [-0.25, -0.2) is 0 Å². The molecule has 7 nitrogen and oxygen atoms in total. The van der Waals surface area contributed by atoms with E-state index in [0.717, 1.165) is 22.2 Å². The summed E-state index contributed by atoms with van der Waals surface area (Å²) in [7, 11) is 0. The van der Waals surface area contributed by atoms with Gasteiger partial charge in [0.1, 0.15) is 5.52 Å². The van der Waals surface area contributed by atoms with Gasteiger partial charge < -0.3 is 14.4 Å². The zero-order valence-corrected chi connectivity index (χ0v) is 20.6. The smallest absolute Gasteiger partial charge is 0.387 e. The summed E-state index contributed by atoms with van der Waals surface area (Å²) in [5, 5.41) is 21.1. The number of hydrogen-bond acceptors (Lipinski definition) is 7. The molecule has 3 aromatic heterocycles. The van der Waals surface area contributed by atoms with Crippen LogP contribution < -0.4 is 4.18 Å². The van der Waals surface area contributed by atoms with Crippen LogP contribution in [0.3, 0.4) is 0 Å². The van der Waals surface area contributed by atoms with Crippen LogP contribution in [-0.4, -0.2) is 41.2 Å². The number of aliphatic hydroxyl groups excluding tert-OH is 2. The Balaban J connectivity index is 0.000000235. The summed E-state index contributed by atoms with van der Waals surface area (Å²) in [6.07, 6.45) is -5.79. The van der Waals surface area contributed by atoms with Crippen molar-refractivity contribution >= 4 is 44.5 Å². The number of hydrogen-bond donors (Lipinski definition) is 3. The normalized spacial score (nSPS) is 14.0. The molecule has 3 atom stereocenters. The first-order valence-electron chi connectivity index (χ1n) is 9.04. The van der Waals surface area contributed by atoms with E-state index >= 15 is 0 Å². The molecule has 0 fully saturated rings. The Bertz CT molecular complexity index is 1210. The first kappa shape index (κ1) is 28.2. The minimum atomic E-state index is -4.67. The average molecular weight is 638 g/mol. The molecule has 3 heterocycles. The molecular weight excluding hydrogens is 621 g/mol. The molecule has 13 heteroatoms. The summed E-state index contributed by atoms with van der Waals surface area (Å²) >= 11 is -1.21. The van der Waals surface area contributed by atoms with Crippen LogP contribution in [0, 0.1) is 49.4 Å². The second-order valence-electron chi connectivity index (χ2n) is 6.47.